The molecule has 0 aromatic heterocycles. The second-order valence-electron chi connectivity index (χ2n) is 4.93. The van der Waals surface area contributed by atoms with Crippen molar-refractivity contribution in [1.82, 2.24) is 5.32 Å². The van der Waals surface area contributed by atoms with Crippen LogP contribution in [0.4, 0.5) is 0 Å². The Bertz CT molecular complexity index is 151. The van der Waals surface area contributed by atoms with Crippen LogP contribution < -0.4 is 11.1 Å². The molecule has 1 aliphatic heterocycles. The van der Waals surface area contributed by atoms with Crippen molar-refractivity contribution in [1.29, 1.82) is 0 Å². The fourth-order valence-electron chi connectivity index (χ4n) is 2.98. The Kier molecular flexibility index (Phi) is 2.89. The molecule has 76 valence electrons. The Morgan fingerprint density at radius 2 is 1.69 bits per heavy atom. The highest BCUT2D eigenvalue weighted by Crippen LogP contribution is 2.44. The van der Waals surface area contributed by atoms with E-state index in [1.165, 1.54) is 51.6 Å². The Morgan fingerprint density at radius 3 is 2.23 bits per heavy atom. The maximum Gasteiger partial charge on any atom is -0.00436 e. The molecule has 0 bridgehead atoms. The first-order valence-electron chi connectivity index (χ1n) is 5.75. The van der Waals surface area contributed by atoms with Gasteiger partial charge in [0.1, 0.15) is 0 Å². The van der Waals surface area contributed by atoms with Gasteiger partial charge in [0, 0.05) is 0 Å². The van der Waals surface area contributed by atoms with Crippen LogP contribution in [0.2, 0.25) is 0 Å². The molecule has 3 N–H and O–H groups in total. The highest BCUT2D eigenvalue weighted by atomic mass is 14.9. The van der Waals surface area contributed by atoms with Crippen LogP contribution in [0.5, 0.6) is 0 Å². The van der Waals surface area contributed by atoms with Crippen molar-refractivity contribution in [3.63, 3.8) is 0 Å². The smallest absolute Gasteiger partial charge is 0.00436 e. The van der Waals surface area contributed by atoms with E-state index in [1.54, 1.807) is 0 Å². The van der Waals surface area contributed by atoms with Crippen molar-refractivity contribution in [2.75, 3.05) is 19.6 Å². The molecule has 1 spiro atoms. The summed E-state index contributed by atoms with van der Waals surface area (Å²) in [5, 5.41) is 3.46. The Labute approximate surface area is 81.3 Å². The molecule has 0 aromatic rings. The van der Waals surface area contributed by atoms with Crippen LogP contribution >= 0.6 is 0 Å². The third-order valence-corrected chi connectivity index (χ3v) is 4.16. The summed E-state index contributed by atoms with van der Waals surface area (Å²) in [7, 11) is 0. The van der Waals surface area contributed by atoms with Crippen LogP contribution in [-0.2, 0) is 0 Å². The summed E-state index contributed by atoms with van der Waals surface area (Å²) in [5.74, 6) is 0.834. The van der Waals surface area contributed by atoms with Gasteiger partial charge in [-0.1, -0.05) is 0 Å². The van der Waals surface area contributed by atoms with E-state index in [0.717, 1.165) is 17.9 Å². The van der Waals surface area contributed by atoms with Crippen molar-refractivity contribution in [3.8, 4) is 0 Å². The quantitative estimate of drug-likeness (QED) is 0.645. The van der Waals surface area contributed by atoms with E-state index in [0.29, 0.717) is 0 Å². The SMILES string of the molecule is NCC1CCC2(CCNCC2)CC1. The molecule has 2 fully saturated rings. The van der Waals surface area contributed by atoms with E-state index in [9.17, 15) is 0 Å². The van der Waals surface area contributed by atoms with Crippen LogP contribution in [0.1, 0.15) is 38.5 Å². The fraction of sp³-hybridized carbons (Fsp3) is 1.00. The van der Waals surface area contributed by atoms with E-state index in [2.05, 4.69) is 5.32 Å². The summed E-state index contributed by atoms with van der Waals surface area (Å²) in [6.45, 7) is 3.40. The topological polar surface area (TPSA) is 38.0 Å². The second-order valence-corrected chi connectivity index (χ2v) is 4.93. The summed E-state index contributed by atoms with van der Waals surface area (Å²) >= 11 is 0. The molecule has 1 saturated carbocycles. The van der Waals surface area contributed by atoms with E-state index in [-0.39, 0.29) is 0 Å². The zero-order valence-corrected chi connectivity index (χ0v) is 8.52. The van der Waals surface area contributed by atoms with Crippen LogP contribution in [0, 0.1) is 11.3 Å². The van der Waals surface area contributed by atoms with Crippen LogP contribution in [-0.4, -0.2) is 19.6 Å². The molecule has 2 heteroatoms. The lowest BCUT2D eigenvalue weighted by molar-refractivity contribution is 0.107. The highest BCUT2D eigenvalue weighted by Gasteiger charge is 2.35. The molecule has 2 nitrogen and oxygen atoms in total. The maximum absolute atomic E-state index is 5.71. The van der Waals surface area contributed by atoms with Gasteiger partial charge in [-0.05, 0) is 69.5 Å². The highest BCUT2D eigenvalue weighted by molar-refractivity contribution is 4.89. The van der Waals surface area contributed by atoms with Gasteiger partial charge in [0.15, 0.2) is 0 Å². The third kappa shape index (κ3) is 2.05. The zero-order chi connectivity index (χ0) is 9.15. The van der Waals surface area contributed by atoms with Gasteiger partial charge in [-0.2, -0.15) is 0 Å². The molecule has 0 atom stereocenters. The van der Waals surface area contributed by atoms with E-state index >= 15 is 0 Å². The summed E-state index contributed by atoms with van der Waals surface area (Å²) in [4.78, 5) is 0. The minimum absolute atomic E-state index is 0.719. The lowest BCUT2D eigenvalue weighted by Crippen LogP contribution is -2.39. The van der Waals surface area contributed by atoms with E-state index in [1.807, 2.05) is 0 Å². The molecule has 0 radical (unpaired) electrons. The van der Waals surface area contributed by atoms with Crippen LogP contribution in [0.25, 0.3) is 0 Å². The fourth-order valence-corrected chi connectivity index (χ4v) is 2.98. The minimum Gasteiger partial charge on any atom is -0.330 e. The number of nitrogens with one attached hydrogen (secondary N) is 1. The number of rotatable bonds is 1. The number of nitrogens with two attached hydrogens (primary N) is 1. The zero-order valence-electron chi connectivity index (χ0n) is 8.52. The standard InChI is InChI=1S/C11H22N2/c12-9-10-1-3-11(4-2-10)5-7-13-8-6-11/h10,13H,1-9,12H2. The molecule has 2 aliphatic rings. The number of piperidine rings is 1. The largest absolute Gasteiger partial charge is 0.330 e. The average molecular weight is 182 g/mol. The Hall–Kier alpha value is -0.0800. The predicted octanol–water partition coefficient (Wildman–Crippen LogP) is 1.51. The molecular weight excluding hydrogens is 160 g/mol. The molecule has 0 aromatic carbocycles. The van der Waals surface area contributed by atoms with Gasteiger partial charge >= 0.3 is 0 Å². The Balaban J connectivity index is 1.87. The van der Waals surface area contributed by atoms with Gasteiger partial charge in [-0.15, -0.1) is 0 Å². The van der Waals surface area contributed by atoms with Crippen LogP contribution in [0.15, 0.2) is 0 Å². The van der Waals surface area contributed by atoms with E-state index < -0.39 is 0 Å². The van der Waals surface area contributed by atoms with Gasteiger partial charge in [0.05, 0.1) is 0 Å². The molecule has 13 heavy (non-hydrogen) atoms. The Morgan fingerprint density at radius 1 is 1.08 bits per heavy atom. The first kappa shape index (κ1) is 9.47. The summed E-state index contributed by atoms with van der Waals surface area (Å²) in [5.41, 5.74) is 6.43. The van der Waals surface area contributed by atoms with E-state index in [4.69, 9.17) is 5.73 Å². The molecule has 0 unspecified atom stereocenters. The molecular formula is C11H22N2. The summed E-state index contributed by atoms with van der Waals surface area (Å²) < 4.78 is 0. The molecule has 1 saturated heterocycles. The maximum atomic E-state index is 5.71. The number of hydrogen-bond donors (Lipinski definition) is 2. The third-order valence-electron chi connectivity index (χ3n) is 4.16. The van der Waals surface area contributed by atoms with Gasteiger partial charge in [-0.3, -0.25) is 0 Å². The predicted molar refractivity (Wildman–Crippen MR) is 55.5 cm³/mol. The van der Waals surface area contributed by atoms with Crippen molar-refractivity contribution < 1.29 is 0 Å². The van der Waals surface area contributed by atoms with Crippen molar-refractivity contribution in [2.45, 2.75) is 38.5 Å². The number of hydrogen-bond acceptors (Lipinski definition) is 2. The second kappa shape index (κ2) is 3.97. The summed E-state index contributed by atoms with van der Waals surface area (Å²) in [6, 6.07) is 0. The molecule has 1 aliphatic carbocycles. The normalized spacial score (nSPS) is 29.3. The summed E-state index contributed by atoms with van der Waals surface area (Å²) in [6.07, 6.45) is 8.47. The molecule has 2 rings (SSSR count). The van der Waals surface area contributed by atoms with Gasteiger partial charge in [0.2, 0.25) is 0 Å². The lowest BCUT2D eigenvalue weighted by atomic mass is 9.66. The monoisotopic (exact) mass is 182 g/mol. The van der Waals surface area contributed by atoms with Crippen molar-refractivity contribution in [2.24, 2.45) is 17.1 Å². The van der Waals surface area contributed by atoms with Crippen molar-refractivity contribution >= 4 is 0 Å². The minimum atomic E-state index is 0.719. The van der Waals surface area contributed by atoms with Crippen LogP contribution in [0.3, 0.4) is 0 Å². The van der Waals surface area contributed by atoms with Gasteiger partial charge in [-0.25, -0.2) is 0 Å². The first-order valence-corrected chi connectivity index (χ1v) is 5.75. The van der Waals surface area contributed by atoms with Gasteiger partial charge < -0.3 is 11.1 Å². The van der Waals surface area contributed by atoms with Gasteiger partial charge in [0.25, 0.3) is 0 Å². The molecule has 1 heterocycles. The average Bonchev–Trinajstić information content (AvgIpc) is 2.20. The molecule has 0 amide bonds. The lowest BCUT2D eigenvalue weighted by Gasteiger charge is -2.43. The first-order chi connectivity index (χ1) is 6.35. The van der Waals surface area contributed by atoms with Crippen molar-refractivity contribution in [3.05, 3.63) is 0 Å².